The Morgan fingerprint density at radius 1 is 1.28 bits per heavy atom. The first-order chi connectivity index (χ1) is 14.1. The van der Waals surface area contributed by atoms with E-state index in [1.807, 2.05) is 30.3 Å². The molecule has 2 heterocycles. The summed E-state index contributed by atoms with van der Waals surface area (Å²) in [5.74, 6) is 1.49. The van der Waals surface area contributed by atoms with E-state index in [4.69, 9.17) is 9.26 Å². The molecule has 2 aromatic rings. The molecule has 0 spiro atoms. The fourth-order valence-electron chi connectivity index (χ4n) is 3.20. The number of guanidine groups is 1. The molecular formula is C20H28N6O3. The van der Waals surface area contributed by atoms with Gasteiger partial charge in [-0.25, -0.2) is 0 Å². The van der Waals surface area contributed by atoms with E-state index in [1.165, 1.54) is 6.92 Å². The van der Waals surface area contributed by atoms with Crippen molar-refractivity contribution in [2.24, 2.45) is 4.99 Å². The Morgan fingerprint density at radius 2 is 2.10 bits per heavy atom. The standard InChI is InChI=1S/C20H28N6O3/c1-16(27)23-17-4-3-5-19(14-17)28-13-7-22-20(21-2)26-10-8-25(9-11-26)15-18-6-12-29-24-18/h3-6,12,14H,7-11,13,15H2,1-2H3,(H,21,22)(H,23,27). The molecule has 1 aromatic carbocycles. The summed E-state index contributed by atoms with van der Waals surface area (Å²) in [5, 5.41) is 10.1. The number of aliphatic imine (C=N–C) groups is 1. The van der Waals surface area contributed by atoms with Gasteiger partial charge in [-0.1, -0.05) is 11.2 Å². The Bertz CT molecular complexity index is 800. The second-order valence-corrected chi connectivity index (χ2v) is 6.79. The van der Waals surface area contributed by atoms with Gasteiger partial charge in [0.25, 0.3) is 0 Å². The number of carbonyl (C=O) groups is 1. The van der Waals surface area contributed by atoms with Crippen molar-refractivity contribution in [3.8, 4) is 5.75 Å². The lowest BCUT2D eigenvalue weighted by Gasteiger charge is -2.36. The summed E-state index contributed by atoms with van der Waals surface area (Å²) < 4.78 is 10.7. The van der Waals surface area contributed by atoms with E-state index >= 15 is 0 Å². The van der Waals surface area contributed by atoms with Crippen LogP contribution in [0.15, 0.2) is 46.1 Å². The summed E-state index contributed by atoms with van der Waals surface area (Å²) in [6.45, 7) is 7.11. The van der Waals surface area contributed by atoms with Crippen molar-refractivity contribution < 1.29 is 14.1 Å². The van der Waals surface area contributed by atoms with Gasteiger partial charge in [-0.15, -0.1) is 0 Å². The number of benzene rings is 1. The third-order valence-corrected chi connectivity index (χ3v) is 4.57. The molecule has 2 N–H and O–H groups in total. The highest BCUT2D eigenvalue weighted by Crippen LogP contribution is 2.17. The minimum atomic E-state index is -0.103. The summed E-state index contributed by atoms with van der Waals surface area (Å²) in [6.07, 6.45) is 1.61. The molecule has 1 aromatic heterocycles. The Hall–Kier alpha value is -3.07. The topological polar surface area (TPSA) is 95.2 Å². The SMILES string of the molecule is CN=C(NCCOc1cccc(NC(C)=O)c1)N1CCN(Cc2ccon2)CC1. The molecule has 1 aliphatic rings. The zero-order chi connectivity index (χ0) is 20.5. The first-order valence-corrected chi connectivity index (χ1v) is 9.71. The number of ether oxygens (including phenoxy) is 1. The van der Waals surface area contributed by atoms with Gasteiger partial charge >= 0.3 is 0 Å². The molecule has 0 atom stereocenters. The van der Waals surface area contributed by atoms with Crippen LogP contribution in [0, 0.1) is 0 Å². The van der Waals surface area contributed by atoms with E-state index in [0.717, 1.165) is 55.8 Å². The zero-order valence-corrected chi connectivity index (χ0v) is 16.9. The average Bonchev–Trinajstić information content (AvgIpc) is 3.22. The van der Waals surface area contributed by atoms with Gasteiger partial charge in [0.1, 0.15) is 18.6 Å². The molecule has 9 heteroatoms. The summed E-state index contributed by atoms with van der Waals surface area (Å²) in [6, 6.07) is 9.26. The summed E-state index contributed by atoms with van der Waals surface area (Å²) in [4.78, 5) is 20.1. The maximum Gasteiger partial charge on any atom is 0.221 e. The van der Waals surface area contributed by atoms with E-state index in [-0.39, 0.29) is 5.91 Å². The second kappa shape index (κ2) is 10.5. The van der Waals surface area contributed by atoms with Crippen LogP contribution in [0.2, 0.25) is 0 Å². The minimum Gasteiger partial charge on any atom is -0.492 e. The molecule has 0 aliphatic carbocycles. The van der Waals surface area contributed by atoms with Crippen LogP contribution in [0.3, 0.4) is 0 Å². The highest BCUT2D eigenvalue weighted by molar-refractivity contribution is 5.88. The number of anilines is 1. The molecule has 3 rings (SSSR count). The first kappa shape index (κ1) is 20.7. The van der Waals surface area contributed by atoms with Crippen molar-refractivity contribution in [2.75, 3.05) is 51.7 Å². The average molecular weight is 400 g/mol. The fraction of sp³-hybridized carbons (Fsp3) is 0.450. The van der Waals surface area contributed by atoms with Crippen LogP contribution < -0.4 is 15.4 Å². The Morgan fingerprint density at radius 3 is 2.79 bits per heavy atom. The predicted octanol–water partition coefficient (Wildman–Crippen LogP) is 1.40. The van der Waals surface area contributed by atoms with Crippen molar-refractivity contribution in [1.82, 2.24) is 20.3 Å². The number of hydrogen-bond acceptors (Lipinski definition) is 6. The number of amides is 1. The lowest BCUT2D eigenvalue weighted by Crippen LogP contribution is -2.52. The van der Waals surface area contributed by atoms with Crippen molar-refractivity contribution in [3.05, 3.63) is 42.3 Å². The monoisotopic (exact) mass is 400 g/mol. The molecule has 1 saturated heterocycles. The normalized spacial score (nSPS) is 15.2. The van der Waals surface area contributed by atoms with Gasteiger partial charge < -0.3 is 24.8 Å². The van der Waals surface area contributed by atoms with Crippen molar-refractivity contribution in [2.45, 2.75) is 13.5 Å². The van der Waals surface area contributed by atoms with E-state index in [2.05, 4.69) is 30.6 Å². The maximum atomic E-state index is 11.2. The molecule has 29 heavy (non-hydrogen) atoms. The fourth-order valence-corrected chi connectivity index (χ4v) is 3.20. The van der Waals surface area contributed by atoms with E-state index in [0.29, 0.717) is 13.2 Å². The summed E-state index contributed by atoms with van der Waals surface area (Å²) in [5.41, 5.74) is 1.68. The van der Waals surface area contributed by atoms with E-state index < -0.39 is 0 Å². The van der Waals surface area contributed by atoms with Gasteiger partial charge in [0, 0.05) is 64.5 Å². The number of carbonyl (C=O) groups excluding carboxylic acids is 1. The molecule has 9 nitrogen and oxygen atoms in total. The lowest BCUT2D eigenvalue weighted by molar-refractivity contribution is -0.114. The molecule has 156 valence electrons. The van der Waals surface area contributed by atoms with Crippen molar-refractivity contribution >= 4 is 17.6 Å². The Kier molecular flexibility index (Phi) is 7.46. The largest absolute Gasteiger partial charge is 0.492 e. The van der Waals surface area contributed by atoms with Crippen LogP contribution in [0.1, 0.15) is 12.6 Å². The van der Waals surface area contributed by atoms with Crippen LogP contribution >= 0.6 is 0 Å². The van der Waals surface area contributed by atoms with Gasteiger partial charge in [-0.3, -0.25) is 14.7 Å². The number of rotatable bonds is 7. The zero-order valence-electron chi connectivity index (χ0n) is 16.9. The molecule has 0 saturated carbocycles. The third-order valence-electron chi connectivity index (χ3n) is 4.57. The summed E-state index contributed by atoms with van der Waals surface area (Å²) >= 11 is 0. The lowest BCUT2D eigenvalue weighted by atomic mass is 10.3. The smallest absolute Gasteiger partial charge is 0.221 e. The summed E-state index contributed by atoms with van der Waals surface area (Å²) in [7, 11) is 1.79. The molecule has 1 aliphatic heterocycles. The number of aromatic nitrogens is 1. The number of hydrogen-bond donors (Lipinski definition) is 2. The molecule has 0 radical (unpaired) electrons. The van der Waals surface area contributed by atoms with Gasteiger partial charge in [-0.2, -0.15) is 0 Å². The predicted molar refractivity (Wildman–Crippen MR) is 111 cm³/mol. The minimum absolute atomic E-state index is 0.103. The Balaban J connectivity index is 1.38. The van der Waals surface area contributed by atoms with Gasteiger partial charge in [0.05, 0.1) is 12.2 Å². The molecule has 1 amide bonds. The molecule has 0 bridgehead atoms. The van der Waals surface area contributed by atoms with Crippen LogP contribution in [0.25, 0.3) is 0 Å². The van der Waals surface area contributed by atoms with Gasteiger partial charge in [0.2, 0.25) is 5.91 Å². The molecule has 0 unspecified atom stereocenters. The number of nitrogens with zero attached hydrogens (tertiary/aromatic N) is 4. The first-order valence-electron chi connectivity index (χ1n) is 9.71. The Labute approximate surface area is 170 Å². The maximum absolute atomic E-state index is 11.2. The van der Waals surface area contributed by atoms with Crippen LogP contribution in [0.5, 0.6) is 5.75 Å². The third kappa shape index (κ3) is 6.49. The van der Waals surface area contributed by atoms with Crippen molar-refractivity contribution in [1.29, 1.82) is 0 Å². The second-order valence-electron chi connectivity index (χ2n) is 6.79. The van der Waals surface area contributed by atoms with E-state index in [9.17, 15) is 4.79 Å². The van der Waals surface area contributed by atoms with E-state index in [1.54, 1.807) is 13.3 Å². The number of piperazine rings is 1. The van der Waals surface area contributed by atoms with Gasteiger partial charge in [0.15, 0.2) is 5.96 Å². The van der Waals surface area contributed by atoms with Crippen LogP contribution in [-0.4, -0.2) is 73.2 Å². The molecular weight excluding hydrogens is 372 g/mol. The van der Waals surface area contributed by atoms with Crippen LogP contribution in [-0.2, 0) is 11.3 Å². The van der Waals surface area contributed by atoms with Gasteiger partial charge in [-0.05, 0) is 12.1 Å². The van der Waals surface area contributed by atoms with Crippen molar-refractivity contribution in [3.63, 3.8) is 0 Å². The highest BCUT2D eigenvalue weighted by atomic mass is 16.5. The number of nitrogens with one attached hydrogen (secondary N) is 2. The quantitative estimate of drug-likeness (QED) is 0.412. The molecule has 1 fully saturated rings. The highest BCUT2D eigenvalue weighted by Gasteiger charge is 2.20. The van der Waals surface area contributed by atoms with Crippen LogP contribution in [0.4, 0.5) is 5.69 Å².